The van der Waals surface area contributed by atoms with Gasteiger partial charge in [-0.15, -0.1) is 0 Å². The number of hydrogen-bond acceptors (Lipinski definition) is 2. The van der Waals surface area contributed by atoms with E-state index in [1.807, 2.05) is 13.0 Å². The SMILES string of the molecule is C=C(C)c1c(C)cccc1[N+](=O)[O-]. The van der Waals surface area contributed by atoms with Crippen LogP contribution < -0.4 is 0 Å². The molecule has 0 bridgehead atoms. The predicted octanol–water partition coefficient (Wildman–Crippen LogP) is 2.94. The van der Waals surface area contributed by atoms with E-state index in [0.29, 0.717) is 5.56 Å². The maximum absolute atomic E-state index is 10.6. The molecule has 0 aliphatic rings. The van der Waals surface area contributed by atoms with Gasteiger partial charge in [0.15, 0.2) is 0 Å². The van der Waals surface area contributed by atoms with Gasteiger partial charge in [0.2, 0.25) is 0 Å². The van der Waals surface area contributed by atoms with E-state index in [4.69, 9.17) is 0 Å². The molecule has 0 saturated carbocycles. The van der Waals surface area contributed by atoms with Crippen molar-refractivity contribution in [2.24, 2.45) is 0 Å². The minimum absolute atomic E-state index is 0.132. The van der Waals surface area contributed by atoms with E-state index in [9.17, 15) is 10.1 Å². The number of aryl methyl sites for hydroxylation is 1. The monoisotopic (exact) mass is 177 g/mol. The molecule has 3 nitrogen and oxygen atoms in total. The van der Waals surface area contributed by atoms with Crippen molar-refractivity contribution in [1.82, 2.24) is 0 Å². The van der Waals surface area contributed by atoms with Gasteiger partial charge in [0, 0.05) is 6.07 Å². The lowest BCUT2D eigenvalue weighted by molar-refractivity contribution is -0.385. The molecule has 0 aliphatic carbocycles. The molecule has 0 aliphatic heterocycles. The third kappa shape index (κ3) is 1.75. The fraction of sp³-hybridized carbons (Fsp3) is 0.200. The second kappa shape index (κ2) is 3.39. The summed E-state index contributed by atoms with van der Waals surface area (Å²) in [7, 11) is 0. The van der Waals surface area contributed by atoms with Gasteiger partial charge in [0.05, 0.1) is 10.5 Å². The van der Waals surface area contributed by atoms with Crippen LogP contribution >= 0.6 is 0 Å². The van der Waals surface area contributed by atoms with Gasteiger partial charge in [-0.2, -0.15) is 0 Å². The van der Waals surface area contributed by atoms with Gasteiger partial charge in [-0.05, 0) is 25.0 Å². The lowest BCUT2D eigenvalue weighted by atomic mass is 10.0. The summed E-state index contributed by atoms with van der Waals surface area (Å²) < 4.78 is 0. The number of nitrogens with zero attached hydrogens (tertiary/aromatic N) is 1. The van der Waals surface area contributed by atoms with Crippen LogP contribution in [0.3, 0.4) is 0 Å². The molecule has 3 heteroatoms. The largest absolute Gasteiger partial charge is 0.277 e. The highest BCUT2D eigenvalue weighted by atomic mass is 16.6. The van der Waals surface area contributed by atoms with Crippen molar-refractivity contribution in [2.75, 3.05) is 0 Å². The van der Waals surface area contributed by atoms with E-state index in [-0.39, 0.29) is 10.6 Å². The van der Waals surface area contributed by atoms with Crippen LogP contribution in [0.1, 0.15) is 18.1 Å². The van der Waals surface area contributed by atoms with Gasteiger partial charge in [0.1, 0.15) is 0 Å². The summed E-state index contributed by atoms with van der Waals surface area (Å²) >= 11 is 0. The second-order valence-corrected chi connectivity index (χ2v) is 3.01. The van der Waals surface area contributed by atoms with E-state index in [1.54, 1.807) is 13.0 Å². The minimum Gasteiger partial charge on any atom is -0.258 e. The van der Waals surface area contributed by atoms with Gasteiger partial charge in [-0.25, -0.2) is 0 Å². The van der Waals surface area contributed by atoms with Crippen molar-refractivity contribution < 1.29 is 4.92 Å². The lowest BCUT2D eigenvalue weighted by Gasteiger charge is -2.04. The zero-order valence-electron chi connectivity index (χ0n) is 7.70. The molecule has 0 amide bonds. The van der Waals surface area contributed by atoms with Crippen molar-refractivity contribution in [3.05, 3.63) is 46.0 Å². The highest BCUT2D eigenvalue weighted by molar-refractivity contribution is 5.72. The standard InChI is InChI=1S/C10H11NO2/c1-7(2)10-8(3)5-4-6-9(10)11(12)13/h4-6H,1H2,2-3H3. The Bertz CT molecular complexity index is 369. The number of nitro benzene ring substituents is 1. The summed E-state index contributed by atoms with van der Waals surface area (Å²) in [4.78, 5) is 10.3. The Balaban J connectivity index is 3.43. The third-order valence-electron chi connectivity index (χ3n) is 1.87. The van der Waals surface area contributed by atoms with E-state index in [1.165, 1.54) is 6.07 Å². The molecule has 0 saturated heterocycles. The Morgan fingerprint density at radius 2 is 2.15 bits per heavy atom. The molecule has 68 valence electrons. The average Bonchev–Trinajstić information content (AvgIpc) is 2.02. The molecule has 13 heavy (non-hydrogen) atoms. The van der Waals surface area contributed by atoms with Crippen LogP contribution in [-0.4, -0.2) is 4.92 Å². The molecule has 0 spiro atoms. The smallest absolute Gasteiger partial charge is 0.258 e. The summed E-state index contributed by atoms with van der Waals surface area (Å²) in [5.41, 5.74) is 2.39. The van der Waals surface area contributed by atoms with Gasteiger partial charge in [-0.1, -0.05) is 18.7 Å². The topological polar surface area (TPSA) is 43.1 Å². The Hall–Kier alpha value is -1.64. The maximum Gasteiger partial charge on any atom is 0.277 e. The Kier molecular flexibility index (Phi) is 2.46. The Morgan fingerprint density at radius 3 is 2.54 bits per heavy atom. The molecule has 0 N–H and O–H groups in total. The minimum atomic E-state index is -0.378. The van der Waals surface area contributed by atoms with Crippen LogP contribution in [0.2, 0.25) is 0 Å². The number of allylic oxidation sites excluding steroid dienone is 1. The molecule has 1 aromatic carbocycles. The molecule has 0 atom stereocenters. The van der Waals surface area contributed by atoms with Gasteiger partial charge in [0.25, 0.3) is 5.69 Å². The first-order chi connectivity index (χ1) is 6.04. The summed E-state index contributed by atoms with van der Waals surface area (Å²) in [5.74, 6) is 0. The van der Waals surface area contributed by atoms with Crippen molar-refractivity contribution in [3.8, 4) is 0 Å². The van der Waals surface area contributed by atoms with Crippen LogP contribution in [0.5, 0.6) is 0 Å². The molecule has 1 rings (SSSR count). The first kappa shape index (κ1) is 9.45. The molecule has 0 fully saturated rings. The highest BCUT2D eigenvalue weighted by Crippen LogP contribution is 2.27. The van der Waals surface area contributed by atoms with Crippen LogP contribution in [-0.2, 0) is 0 Å². The van der Waals surface area contributed by atoms with Crippen LogP contribution in [0, 0.1) is 17.0 Å². The molecule has 0 aromatic heterocycles. The van der Waals surface area contributed by atoms with Crippen molar-refractivity contribution in [1.29, 1.82) is 0 Å². The number of benzene rings is 1. The van der Waals surface area contributed by atoms with Gasteiger partial charge >= 0.3 is 0 Å². The van der Waals surface area contributed by atoms with E-state index < -0.39 is 0 Å². The summed E-state index contributed by atoms with van der Waals surface area (Å²) in [6, 6.07) is 5.02. The third-order valence-corrected chi connectivity index (χ3v) is 1.87. The first-order valence-electron chi connectivity index (χ1n) is 3.94. The normalized spacial score (nSPS) is 9.69. The Morgan fingerprint density at radius 1 is 1.54 bits per heavy atom. The van der Waals surface area contributed by atoms with E-state index in [0.717, 1.165) is 11.1 Å². The number of nitro groups is 1. The van der Waals surface area contributed by atoms with Gasteiger partial charge < -0.3 is 0 Å². The molecule has 0 heterocycles. The fourth-order valence-corrected chi connectivity index (χ4v) is 1.36. The molecule has 0 radical (unpaired) electrons. The highest BCUT2D eigenvalue weighted by Gasteiger charge is 2.14. The number of hydrogen-bond donors (Lipinski definition) is 0. The molecular weight excluding hydrogens is 166 g/mol. The maximum atomic E-state index is 10.6. The zero-order valence-corrected chi connectivity index (χ0v) is 7.70. The van der Waals surface area contributed by atoms with Crippen LogP contribution in [0.15, 0.2) is 24.8 Å². The van der Waals surface area contributed by atoms with Crippen molar-refractivity contribution >= 4 is 11.3 Å². The lowest BCUT2D eigenvalue weighted by Crippen LogP contribution is -1.95. The van der Waals surface area contributed by atoms with Crippen molar-refractivity contribution in [2.45, 2.75) is 13.8 Å². The molecule has 1 aromatic rings. The zero-order chi connectivity index (χ0) is 10.0. The average molecular weight is 177 g/mol. The van der Waals surface area contributed by atoms with E-state index in [2.05, 4.69) is 6.58 Å². The van der Waals surface area contributed by atoms with Crippen LogP contribution in [0.25, 0.3) is 5.57 Å². The fourth-order valence-electron chi connectivity index (χ4n) is 1.36. The molecule has 0 unspecified atom stereocenters. The predicted molar refractivity (Wildman–Crippen MR) is 52.5 cm³/mol. The number of rotatable bonds is 2. The quantitative estimate of drug-likeness (QED) is 0.515. The van der Waals surface area contributed by atoms with E-state index >= 15 is 0 Å². The Labute approximate surface area is 76.9 Å². The summed E-state index contributed by atoms with van der Waals surface area (Å²) in [6.07, 6.45) is 0. The second-order valence-electron chi connectivity index (χ2n) is 3.01. The molecular formula is C10H11NO2. The van der Waals surface area contributed by atoms with Crippen LogP contribution in [0.4, 0.5) is 5.69 Å². The van der Waals surface area contributed by atoms with Gasteiger partial charge in [-0.3, -0.25) is 10.1 Å². The summed E-state index contributed by atoms with van der Waals surface area (Å²) in [6.45, 7) is 7.34. The first-order valence-corrected chi connectivity index (χ1v) is 3.94. The summed E-state index contributed by atoms with van der Waals surface area (Å²) in [5, 5.41) is 10.6. The van der Waals surface area contributed by atoms with Crippen molar-refractivity contribution in [3.63, 3.8) is 0 Å².